The summed E-state index contributed by atoms with van der Waals surface area (Å²) in [5, 5.41) is 0. The van der Waals surface area contributed by atoms with E-state index in [1.54, 1.807) is 0 Å². The van der Waals surface area contributed by atoms with Gasteiger partial charge in [0, 0.05) is 0 Å². The van der Waals surface area contributed by atoms with E-state index in [9.17, 15) is 0 Å². The fourth-order valence-electron chi connectivity index (χ4n) is 1.26. The van der Waals surface area contributed by atoms with Gasteiger partial charge in [0.1, 0.15) is 6.23 Å². The lowest BCUT2D eigenvalue weighted by atomic mass is 9.97. The average molecular weight is 129 g/mol. The van der Waals surface area contributed by atoms with Crippen molar-refractivity contribution in [2.24, 2.45) is 5.73 Å². The molecule has 1 aliphatic heterocycles. The van der Waals surface area contributed by atoms with Gasteiger partial charge in [0.25, 0.3) is 0 Å². The van der Waals surface area contributed by atoms with E-state index in [1.807, 2.05) is 0 Å². The SMILES string of the molecule is CC1(C)CCCC(N)O1. The second-order valence-corrected chi connectivity index (χ2v) is 3.31. The third-order valence-corrected chi connectivity index (χ3v) is 1.74. The summed E-state index contributed by atoms with van der Waals surface area (Å²) in [5.41, 5.74) is 5.61. The van der Waals surface area contributed by atoms with Crippen LogP contribution in [0.25, 0.3) is 0 Å². The van der Waals surface area contributed by atoms with Crippen LogP contribution in [0.2, 0.25) is 0 Å². The van der Waals surface area contributed by atoms with Gasteiger partial charge in [-0.2, -0.15) is 0 Å². The summed E-state index contributed by atoms with van der Waals surface area (Å²) < 4.78 is 5.45. The topological polar surface area (TPSA) is 35.2 Å². The number of hydrogen-bond donors (Lipinski definition) is 1. The van der Waals surface area contributed by atoms with Gasteiger partial charge in [-0.15, -0.1) is 0 Å². The van der Waals surface area contributed by atoms with E-state index < -0.39 is 0 Å². The molecule has 0 bridgehead atoms. The monoisotopic (exact) mass is 129 g/mol. The summed E-state index contributed by atoms with van der Waals surface area (Å²) in [6.45, 7) is 4.18. The van der Waals surface area contributed by atoms with E-state index in [1.165, 1.54) is 6.42 Å². The largest absolute Gasteiger partial charge is 0.358 e. The summed E-state index contributed by atoms with van der Waals surface area (Å²) in [5.74, 6) is 0. The molecule has 1 heterocycles. The first-order valence-corrected chi connectivity index (χ1v) is 3.53. The van der Waals surface area contributed by atoms with Gasteiger partial charge in [-0.3, -0.25) is 0 Å². The average Bonchev–Trinajstić information content (AvgIpc) is 1.60. The molecule has 0 amide bonds. The fraction of sp³-hybridized carbons (Fsp3) is 1.00. The van der Waals surface area contributed by atoms with Crippen molar-refractivity contribution in [3.63, 3.8) is 0 Å². The van der Waals surface area contributed by atoms with E-state index in [4.69, 9.17) is 10.5 Å². The molecule has 2 heteroatoms. The predicted molar refractivity (Wildman–Crippen MR) is 37.0 cm³/mol. The van der Waals surface area contributed by atoms with Crippen molar-refractivity contribution in [3.05, 3.63) is 0 Å². The summed E-state index contributed by atoms with van der Waals surface area (Å²) in [4.78, 5) is 0. The molecule has 1 atom stereocenters. The zero-order chi connectivity index (χ0) is 6.91. The molecule has 2 nitrogen and oxygen atoms in total. The molecule has 0 radical (unpaired) electrons. The molecule has 0 spiro atoms. The first kappa shape index (κ1) is 7.03. The van der Waals surface area contributed by atoms with Crippen LogP contribution in [-0.4, -0.2) is 11.8 Å². The Morgan fingerprint density at radius 1 is 1.56 bits per heavy atom. The van der Waals surface area contributed by atoms with Crippen molar-refractivity contribution >= 4 is 0 Å². The molecule has 1 fully saturated rings. The van der Waals surface area contributed by atoms with Gasteiger partial charge in [0.05, 0.1) is 5.60 Å². The number of nitrogens with two attached hydrogens (primary N) is 1. The van der Waals surface area contributed by atoms with Gasteiger partial charge in [0.15, 0.2) is 0 Å². The molecule has 2 N–H and O–H groups in total. The first-order chi connectivity index (χ1) is 4.10. The maximum absolute atomic E-state index is 5.59. The van der Waals surface area contributed by atoms with Gasteiger partial charge in [-0.25, -0.2) is 0 Å². The summed E-state index contributed by atoms with van der Waals surface area (Å²) in [6, 6.07) is 0. The predicted octanol–water partition coefficient (Wildman–Crippen LogP) is 1.25. The van der Waals surface area contributed by atoms with Crippen molar-refractivity contribution in [2.45, 2.75) is 44.9 Å². The minimum Gasteiger partial charge on any atom is -0.358 e. The lowest BCUT2D eigenvalue weighted by molar-refractivity contribution is -0.103. The minimum atomic E-state index is -0.0197. The lowest BCUT2D eigenvalue weighted by Crippen LogP contribution is -2.39. The normalized spacial score (nSPS) is 34.3. The molecule has 1 unspecified atom stereocenters. The highest BCUT2D eigenvalue weighted by atomic mass is 16.5. The van der Waals surface area contributed by atoms with Crippen molar-refractivity contribution in [2.75, 3.05) is 0 Å². The molecule has 0 saturated carbocycles. The molecular weight excluding hydrogens is 114 g/mol. The van der Waals surface area contributed by atoms with E-state index in [-0.39, 0.29) is 11.8 Å². The zero-order valence-corrected chi connectivity index (χ0v) is 6.18. The van der Waals surface area contributed by atoms with E-state index in [0.717, 1.165) is 12.8 Å². The molecule has 1 saturated heterocycles. The van der Waals surface area contributed by atoms with Crippen LogP contribution in [-0.2, 0) is 4.74 Å². The van der Waals surface area contributed by atoms with Crippen LogP contribution in [0.15, 0.2) is 0 Å². The highest BCUT2D eigenvalue weighted by molar-refractivity contribution is 4.74. The number of ether oxygens (including phenoxy) is 1. The molecule has 54 valence electrons. The van der Waals surface area contributed by atoms with Crippen LogP contribution in [0.5, 0.6) is 0 Å². The Kier molecular flexibility index (Phi) is 1.78. The van der Waals surface area contributed by atoms with Crippen LogP contribution in [0.1, 0.15) is 33.1 Å². The highest BCUT2D eigenvalue weighted by Crippen LogP contribution is 2.25. The quantitative estimate of drug-likeness (QED) is 0.534. The van der Waals surface area contributed by atoms with E-state index in [0.29, 0.717) is 0 Å². The smallest absolute Gasteiger partial charge is 0.106 e. The Morgan fingerprint density at radius 3 is 2.56 bits per heavy atom. The minimum absolute atomic E-state index is 0.0197. The van der Waals surface area contributed by atoms with Crippen molar-refractivity contribution in [3.8, 4) is 0 Å². The van der Waals surface area contributed by atoms with Crippen LogP contribution in [0, 0.1) is 0 Å². The van der Waals surface area contributed by atoms with Crippen LogP contribution in [0.4, 0.5) is 0 Å². The van der Waals surface area contributed by atoms with Gasteiger partial charge >= 0.3 is 0 Å². The van der Waals surface area contributed by atoms with E-state index in [2.05, 4.69) is 13.8 Å². The first-order valence-electron chi connectivity index (χ1n) is 3.53. The molecule has 1 rings (SSSR count). The number of rotatable bonds is 0. The summed E-state index contributed by atoms with van der Waals surface area (Å²) in [6.07, 6.45) is 3.34. The Morgan fingerprint density at radius 2 is 2.22 bits per heavy atom. The van der Waals surface area contributed by atoms with Crippen LogP contribution >= 0.6 is 0 Å². The van der Waals surface area contributed by atoms with Crippen LogP contribution in [0.3, 0.4) is 0 Å². The highest BCUT2D eigenvalue weighted by Gasteiger charge is 2.25. The third kappa shape index (κ3) is 1.95. The van der Waals surface area contributed by atoms with Gasteiger partial charge in [-0.05, 0) is 33.1 Å². The van der Waals surface area contributed by atoms with Gasteiger partial charge < -0.3 is 10.5 Å². The van der Waals surface area contributed by atoms with Crippen molar-refractivity contribution in [1.82, 2.24) is 0 Å². The van der Waals surface area contributed by atoms with Crippen molar-refractivity contribution in [1.29, 1.82) is 0 Å². The van der Waals surface area contributed by atoms with Gasteiger partial charge in [-0.1, -0.05) is 0 Å². The molecule has 1 aliphatic rings. The molecule has 9 heavy (non-hydrogen) atoms. The second-order valence-electron chi connectivity index (χ2n) is 3.31. The lowest BCUT2D eigenvalue weighted by Gasteiger charge is -2.33. The van der Waals surface area contributed by atoms with Crippen molar-refractivity contribution < 1.29 is 4.74 Å². The maximum Gasteiger partial charge on any atom is 0.106 e. The fourth-order valence-corrected chi connectivity index (χ4v) is 1.26. The molecule has 0 aromatic carbocycles. The Bertz CT molecular complexity index is 101. The van der Waals surface area contributed by atoms with Crippen LogP contribution < -0.4 is 5.73 Å². The Hall–Kier alpha value is -0.0800. The standard InChI is InChI=1S/C7H15NO/c1-7(2)5-3-4-6(8)9-7/h6H,3-5,8H2,1-2H3. The van der Waals surface area contributed by atoms with Gasteiger partial charge in [0.2, 0.25) is 0 Å². The summed E-state index contributed by atoms with van der Waals surface area (Å²) >= 11 is 0. The summed E-state index contributed by atoms with van der Waals surface area (Å²) in [7, 11) is 0. The number of hydrogen-bond acceptors (Lipinski definition) is 2. The zero-order valence-electron chi connectivity index (χ0n) is 6.18. The third-order valence-electron chi connectivity index (χ3n) is 1.74. The maximum atomic E-state index is 5.59. The molecular formula is C7H15NO. The molecule has 0 aromatic rings. The van der Waals surface area contributed by atoms with E-state index >= 15 is 0 Å². The molecule has 0 aromatic heterocycles. The molecule has 0 aliphatic carbocycles. The Labute approximate surface area is 56.4 Å². The Balaban J connectivity index is 2.41. The second kappa shape index (κ2) is 2.27.